The third-order valence-electron chi connectivity index (χ3n) is 3.34. The molecule has 2 aromatic rings. The minimum absolute atomic E-state index is 0.100. The number of hydrogen-bond acceptors (Lipinski definition) is 3. The maximum atomic E-state index is 12.3. The summed E-state index contributed by atoms with van der Waals surface area (Å²) in [5, 5.41) is 5.89. The Bertz CT molecular complexity index is 719. The molecule has 2 aromatic carbocycles. The highest BCUT2D eigenvalue weighted by Crippen LogP contribution is 2.16. The number of rotatable bonds is 5. The molecule has 6 heteroatoms. The van der Waals surface area contributed by atoms with Crippen molar-refractivity contribution in [1.29, 1.82) is 0 Å². The van der Waals surface area contributed by atoms with Gasteiger partial charge in [-0.05, 0) is 68.0 Å². The van der Waals surface area contributed by atoms with Crippen molar-refractivity contribution >= 4 is 44.9 Å². The second kappa shape index (κ2) is 8.80. The zero-order chi connectivity index (χ0) is 17.5. The molecule has 0 aliphatic heterocycles. The first-order chi connectivity index (χ1) is 11.5. The number of thiocarbonyl (C=S) groups is 1. The van der Waals surface area contributed by atoms with Crippen molar-refractivity contribution in [2.24, 2.45) is 0 Å². The van der Waals surface area contributed by atoms with Gasteiger partial charge in [0.2, 0.25) is 0 Å². The average molecular weight is 407 g/mol. The highest BCUT2D eigenvalue weighted by molar-refractivity contribution is 9.10. The van der Waals surface area contributed by atoms with E-state index in [1.54, 1.807) is 18.2 Å². The summed E-state index contributed by atoms with van der Waals surface area (Å²) in [4.78, 5) is 12.3. The molecule has 4 nitrogen and oxygen atoms in total. The van der Waals surface area contributed by atoms with Gasteiger partial charge in [0, 0.05) is 15.7 Å². The summed E-state index contributed by atoms with van der Waals surface area (Å²) >= 11 is 8.55. The molecular formula is C18H19BrN2O2S. The molecule has 24 heavy (non-hydrogen) atoms. The van der Waals surface area contributed by atoms with Gasteiger partial charge in [0.05, 0.1) is 6.10 Å². The Hall–Kier alpha value is -1.92. The van der Waals surface area contributed by atoms with Gasteiger partial charge in [0.15, 0.2) is 5.11 Å². The smallest absolute Gasteiger partial charge is 0.257 e. The van der Waals surface area contributed by atoms with Gasteiger partial charge in [-0.3, -0.25) is 10.1 Å². The van der Waals surface area contributed by atoms with Crippen LogP contribution in [0.2, 0.25) is 0 Å². The predicted octanol–water partition coefficient (Wildman–Crippen LogP) is 4.75. The van der Waals surface area contributed by atoms with Gasteiger partial charge in [-0.2, -0.15) is 0 Å². The molecule has 0 bridgehead atoms. The van der Waals surface area contributed by atoms with Crippen LogP contribution in [0.3, 0.4) is 0 Å². The van der Waals surface area contributed by atoms with Crippen LogP contribution in [0.4, 0.5) is 5.69 Å². The molecular weight excluding hydrogens is 388 g/mol. The highest BCUT2D eigenvalue weighted by atomic mass is 79.9. The maximum absolute atomic E-state index is 12.3. The zero-order valence-electron chi connectivity index (χ0n) is 13.5. The van der Waals surface area contributed by atoms with E-state index in [0.29, 0.717) is 11.3 Å². The van der Waals surface area contributed by atoms with E-state index in [0.717, 1.165) is 16.6 Å². The minimum atomic E-state index is -0.279. The lowest BCUT2D eigenvalue weighted by Gasteiger charge is -2.14. The largest absolute Gasteiger partial charge is 0.491 e. The number of halogens is 1. The molecule has 0 aliphatic carbocycles. The third-order valence-corrected chi connectivity index (χ3v) is 4.07. The fourth-order valence-electron chi connectivity index (χ4n) is 1.90. The molecule has 2 rings (SSSR count). The number of anilines is 1. The second-order valence-electron chi connectivity index (χ2n) is 5.28. The first-order valence-corrected chi connectivity index (χ1v) is 8.82. The zero-order valence-corrected chi connectivity index (χ0v) is 15.9. The third kappa shape index (κ3) is 5.62. The number of carbonyl (C=O) groups excluding carboxylic acids is 1. The van der Waals surface area contributed by atoms with Crippen LogP contribution in [-0.2, 0) is 0 Å². The SMILES string of the molecule is CCC(C)Oc1cccc(C(=O)NC(=S)Nc2ccc(Br)cc2)c1. The summed E-state index contributed by atoms with van der Waals surface area (Å²) in [7, 11) is 0. The molecule has 0 saturated carbocycles. The average Bonchev–Trinajstić information content (AvgIpc) is 2.57. The van der Waals surface area contributed by atoms with Crippen LogP contribution < -0.4 is 15.4 Å². The van der Waals surface area contributed by atoms with E-state index < -0.39 is 0 Å². The number of nitrogens with one attached hydrogen (secondary N) is 2. The first kappa shape index (κ1) is 18.4. The highest BCUT2D eigenvalue weighted by Gasteiger charge is 2.10. The van der Waals surface area contributed by atoms with Gasteiger partial charge in [0.25, 0.3) is 5.91 Å². The van der Waals surface area contributed by atoms with E-state index in [2.05, 4.69) is 26.6 Å². The summed E-state index contributed by atoms with van der Waals surface area (Å²) in [6, 6.07) is 14.6. The van der Waals surface area contributed by atoms with Crippen molar-refractivity contribution in [2.75, 3.05) is 5.32 Å². The Morgan fingerprint density at radius 2 is 1.96 bits per heavy atom. The lowest BCUT2D eigenvalue weighted by molar-refractivity contribution is 0.0977. The van der Waals surface area contributed by atoms with E-state index in [4.69, 9.17) is 17.0 Å². The lowest BCUT2D eigenvalue weighted by Crippen LogP contribution is -2.34. The fraction of sp³-hybridized carbons (Fsp3) is 0.222. The Morgan fingerprint density at radius 3 is 2.62 bits per heavy atom. The quantitative estimate of drug-likeness (QED) is 0.703. The van der Waals surface area contributed by atoms with E-state index in [1.165, 1.54) is 0 Å². The Balaban J connectivity index is 1.97. The summed E-state index contributed by atoms with van der Waals surface area (Å²) < 4.78 is 6.71. The van der Waals surface area contributed by atoms with Crippen LogP contribution in [0.5, 0.6) is 5.75 Å². The van der Waals surface area contributed by atoms with Gasteiger partial charge in [-0.15, -0.1) is 0 Å². The van der Waals surface area contributed by atoms with Crippen LogP contribution in [0.15, 0.2) is 53.0 Å². The summed E-state index contributed by atoms with van der Waals surface area (Å²) in [6.45, 7) is 4.04. The number of carbonyl (C=O) groups is 1. The molecule has 126 valence electrons. The molecule has 0 radical (unpaired) electrons. The van der Waals surface area contributed by atoms with Crippen LogP contribution >= 0.6 is 28.1 Å². The van der Waals surface area contributed by atoms with Crippen molar-refractivity contribution in [2.45, 2.75) is 26.4 Å². The molecule has 1 unspecified atom stereocenters. The number of ether oxygens (including phenoxy) is 1. The molecule has 2 N–H and O–H groups in total. The molecule has 0 heterocycles. The van der Waals surface area contributed by atoms with E-state index in [-0.39, 0.29) is 17.1 Å². The van der Waals surface area contributed by atoms with Crippen molar-refractivity contribution in [3.63, 3.8) is 0 Å². The Kier molecular flexibility index (Phi) is 6.75. The molecule has 1 amide bonds. The first-order valence-electron chi connectivity index (χ1n) is 7.62. The molecule has 0 aromatic heterocycles. The van der Waals surface area contributed by atoms with Gasteiger partial charge >= 0.3 is 0 Å². The van der Waals surface area contributed by atoms with Crippen molar-refractivity contribution in [1.82, 2.24) is 5.32 Å². The molecule has 1 atom stereocenters. The van der Waals surface area contributed by atoms with Crippen molar-refractivity contribution < 1.29 is 9.53 Å². The molecule has 0 spiro atoms. The van der Waals surface area contributed by atoms with E-state index in [9.17, 15) is 4.79 Å². The summed E-state index contributed by atoms with van der Waals surface area (Å²) in [5.41, 5.74) is 1.30. The van der Waals surface area contributed by atoms with E-state index in [1.807, 2.05) is 44.2 Å². The fourth-order valence-corrected chi connectivity index (χ4v) is 2.37. The lowest BCUT2D eigenvalue weighted by atomic mass is 10.2. The summed E-state index contributed by atoms with van der Waals surface area (Å²) in [5.74, 6) is 0.392. The van der Waals surface area contributed by atoms with Gasteiger partial charge < -0.3 is 10.1 Å². The van der Waals surface area contributed by atoms with Crippen LogP contribution in [0.1, 0.15) is 30.6 Å². The normalized spacial score (nSPS) is 11.5. The van der Waals surface area contributed by atoms with Crippen molar-refractivity contribution in [3.05, 3.63) is 58.6 Å². The molecule has 0 aliphatic rings. The van der Waals surface area contributed by atoms with Gasteiger partial charge in [0.1, 0.15) is 5.75 Å². The predicted molar refractivity (Wildman–Crippen MR) is 105 cm³/mol. The monoisotopic (exact) mass is 406 g/mol. The maximum Gasteiger partial charge on any atom is 0.257 e. The van der Waals surface area contributed by atoms with Gasteiger partial charge in [-0.25, -0.2) is 0 Å². The number of hydrogen-bond donors (Lipinski definition) is 2. The van der Waals surface area contributed by atoms with Crippen LogP contribution in [-0.4, -0.2) is 17.1 Å². The molecule has 0 fully saturated rings. The van der Waals surface area contributed by atoms with Crippen molar-refractivity contribution in [3.8, 4) is 5.75 Å². The van der Waals surface area contributed by atoms with Crippen LogP contribution in [0.25, 0.3) is 0 Å². The van der Waals surface area contributed by atoms with Crippen LogP contribution in [0, 0.1) is 0 Å². The number of amides is 1. The van der Waals surface area contributed by atoms with Gasteiger partial charge in [-0.1, -0.05) is 28.9 Å². The summed E-state index contributed by atoms with van der Waals surface area (Å²) in [6.07, 6.45) is 1.00. The topological polar surface area (TPSA) is 50.4 Å². The minimum Gasteiger partial charge on any atom is -0.491 e. The number of benzene rings is 2. The second-order valence-corrected chi connectivity index (χ2v) is 6.60. The Labute approximate surface area is 155 Å². The van der Waals surface area contributed by atoms with E-state index >= 15 is 0 Å². The molecule has 0 saturated heterocycles. The Morgan fingerprint density at radius 1 is 1.25 bits per heavy atom. The standard InChI is InChI=1S/C18H19BrN2O2S/c1-3-12(2)23-16-6-4-5-13(11-16)17(22)21-18(24)20-15-9-7-14(19)8-10-15/h4-12H,3H2,1-2H3,(H2,20,21,22,24).